The third kappa shape index (κ3) is 1.89. The second kappa shape index (κ2) is 4.65. The number of rotatable bonds is 2. The van der Waals surface area contributed by atoms with Gasteiger partial charge in [0.1, 0.15) is 0 Å². The van der Waals surface area contributed by atoms with Crippen LogP contribution in [0.3, 0.4) is 0 Å². The Bertz CT molecular complexity index is 556. The summed E-state index contributed by atoms with van der Waals surface area (Å²) in [5.41, 5.74) is 2.13. The van der Waals surface area contributed by atoms with Gasteiger partial charge in [0.2, 0.25) is 5.95 Å². The van der Waals surface area contributed by atoms with Gasteiger partial charge in [-0.15, -0.1) is 0 Å². The fourth-order valence-electron chi connectivity index (χ4n) is 2.50. The molecule has 4 heteroatoms. The van der Waals surface area contributed by atoms with Gasteiger partial charge >= 0.3 is 0 Å². The monoisotopic (exact) mass is 261 g/mol. The van der Waals surface area contributed by atoms with Crippen LogP contribution in [0.1, 0.15) is 18.5 Å². The minimum atomic E-state index is 0.763. The highest BCUT2D eigenvalue weighted by Gasteiger charge is 2.20. The van der Waals surface area contributed by atoms with Crippen LogP contribution in [-0.4, -0.2) is 22.6 Å². The van der Waals surface area contributed by atoms with Crippen LogP contribution in [0.5, 0.6) is 0 Å². The molecule has 0 spiro atoms. The van der Waals surface area contributed by atoms with E-state index in [1.54, 1.807) is 0 Å². The van der Waals surface area contributed by atoms with Crippen molar-refractivity contribution in [2.75, 3.05) is 18.0 Å². The highest BCUT2D eigenvalue weighted by molar-refractivity contribution is 6.32. The molecular formula is C14H16ClN3. The van der Waals surface area contributed by atoms with E-state index < -0.39 is 0 Å². The van der Waals surface area contributed by atoms with Gasteiger partial charge in [-0.2, -0.15) is 0 Å². The van der Waals surface area contributed by atoms with Crippen LogP contribution < -0.4 is 4.90 Å². The molecule has 1 fully saturated rings. The van der Waals surface area contributed by atoms with Crippen molar-refractivity contribution in [2.45, 2.75) is 19.8 Å². The number of aryl methyl sites for hydroxylation is 1. The van der Waals surface area contributed by atoms with Crippen molar-refractivity contribution in [1.29, 1.82) is 0 Å². The Morgan fingerprint density at radius 3 is 2.61 bits per heavy atom. The summed E-state index contributed by atoms with van der Waals surface area (Å²) in [7, 11) is 0. The number of hydrogen-bond acceptors (Lipinski definition) is 2. The third-order valence-electron chi connectivity index (χ3n) is 3.40. The quantitative estimate of drug-likeness (QED) is 0.826. The van der Waals surface area contributed by atoms with Crippen LogP contribution in [0.25, 0.3) is 5.69 Å². The van der Waals surface area contributed by atoms with Crippen molar-refractivity contribution in [3.8, 4) is 5.69 Å². The van der Waals surface area contributed by atoms with E-state index in [1.807, 2.05) is 30.5 Å². The summed E-state index contributed by atoms with van der Waals surface area (Å²) in [6, 6.07) is 7.92. The number of halogens is 1. The zero-order valence-electron chi connectivity index (χ0n) is 10.4. The first-order chi connectivity index (χ1) is 8.77. The van der Waals surface area contributed by atoms with Crippen molar-refractivity contribution >= 4 is 17.5 Å². The number of hydrogen-bond donors (Lipinski definition) is 0. The molecule has 1 saturated heterocycles. The largest absolute Gasteiger partial charge is 0.342 e. The molecule has 0 radical (unpaired) electrons. The Hall–Kier alpha value is -1.48. The van der Waals surface area contributed by atoms with Gasteiger partial charge in [-0.25, -0.2) is 4.98 Å². The highest BCUT2D eigenvalue weighted by Crippen LogP contribution is 2.28. The Balaban J connectivity index is 2.11. The highest BCUT2D eigenvalue weighted by atomic mass is 35.5. The molecule has 18 heavy (non-hydrogen) atoms. The maximum Gasteiger partial charge on any atom is 0.210 e. The van der Waals surface area contributed by atoms with Crippen molar-refractivity contribution in [1.82, 2.24) is 9.55 Å². The van der Waals surface area contributed by atoms with Gasteiger partial charge < -0.3 is 4.90 Å². The second-order valence-corrected chi connectivity index (χ2v) is 5.09. The molecule has 0 amide bonds. The molecule has 2 heterocycles. The van der Waals surface area contributed by atoms with E-state index in [1.165, 1.54) is 12.8 Å². The van der Waals surface area contributed by atoms with Gasteiger partial charge in [0.05, 0.1) is 16.9 Å². The lowest BCUT2D eigenvalue weighted by Gasteiger charge is -2.19. The molecule has 3 nitrogen and oxygen atoms in total. The van der Waals surface area contributed by atoms with E-state index in [0.717, 1.165) is 35.4 Å². The second-order valence-electron chi connectivity index (χ2n) is 4.68. The molecule has 1 aromatic heterocycles. The predicted octanol–water partition coefficient (Wildman–Crippen LogP) is 3.43. The van der Waals surface area contributed by atoms with Crippen LogP contribution in [0.4, 0.5) is 5.95 Å². The first kappa shape index (κ1) is 11.6. The summed E-state index contributed by atoms with van der Waals surface area (Å²) in [5, 5.41) is 0.763. The molecule has 0 aliphatic carbocycles. The summed E-state index contributed by atoms with van der Waals surface area (Å²) in [6.07, 6.45) is 4.40. The number of nitrogens with zero attached hydrogens (tertiary/aromatic N) is 3. The zero-order valence-corrected chi connectivity index (χ0v) is 11.2. The molecule has 0 atom stereocenters. The molecule has 0 saturated carbocycles. The molecule has 94 valence electrons. The predicted molar refractivity (Wildman–Crippen MR) is 74.8 cm³/mol. The lowest BCUT2D eigenvalue weighted by Crippen LogP contribution is -2.22. The standard InChI is InChI=1S/C14H16ClN3/c1-11-10-16-14(17-8-4-5-9-17)18(11)13-7-3-2-6-12(13)15/h2-3,6-7,10H,4-5,8-9H2,1H3. The van der Waals surface area contributed by atoms with Crippen molar-refractivity contribution in [3.63, 3.8) is 0 Å². The van der Waals surface area contributed by atoms with Gasteiger partial charge in [-0.05, 0) is 31.9 Å². The minimum Gasteiger partial charge on any atom is -0.342 e. The van der Waals surface area contributed by atoms with Gasteiger partial charge in [0, 0.05) is 18.8 Å². The summed E-state index contributed by atoms with van der Waals surface area (Å²) in [6.45, 7) is 4.23. The van der Waals surface area contributed by atoms with Crippen molar-refractivity contribution in [3.05, 3.63) is 41.2 Å². The lowest BCUT2D eigenvalue weighted by atomic mass is 10.3. The fourth-order valence-corrected chi connectivity index (χ4v) is 2.72. The molecule has 0 unspecified atom stereocenters. The summed E-state index contributed by atoms with van der Waals surface area (Å²) in [4.78, 5) is 6.88. The molecule has 1 aliphatic heterocycles. The van der Waals surface area contributed by atoms with E-state index >= 15 is 0 Å². The molecule has 1 aliphatic rings. The summed E-state index contributed by atoms with van der Waals surface area (Å²) >= 11 is 6.30. The lowest BCUT2D eigenvalue weighted by molar-refractivity contribution is 0.865. The number of aromatic nitrogens is 2. The van der Waals surface area contributed by atoms with E-state index in [4.69, 9.17) is 11.6 Å². The molecule has 1 aromatic carbocycles. The first-order valence-corrected chi connectivity index (χ1v) is 6.69. The van der Waals surface area contributed by atoms with Crippen LogP contribution in [0, 0.1) is 6.92 Å². The van der Waals surface area contributed by atoms with Gasteiger partial charge in [0.15, 0.2) is 0 Å². The summed E-state index contributed by atoms with van der Waals surface area (Å²) < 4.78 is 2.15. The molecular weight excluding hydrogens is 246 g/mol. The Labute approximate surface area is 112 Å². The first-order valence-electron chi connectivity index (χ1n) is 6.31. The maximum atomic E-state index is 6.30. The fraction of sp³-hybridized carbons (Fsp3) is 0.357. The average molecular weight is 262 g/mol. The van der Waals surface area contributed by atoms with Crippen molar-refractivity contribution in [2.24, 2.45) is 0 Å². The van der Waals surface area contributed by atoms with Gasteiger partial charge in [-0.1, -0.05) is 23.7 Å². The van der Waals surface area contributed by atoms with Crippen LogP contribution in [-0.2, 0) is 0 Å². The smallest absolute Gasteiger partial charge is 0.210 e. The van der Waals surface area contributed by atoms with E-state index in [0.29, 0.717) is 0 Å². The molecule has 2 aromatic rings. The Morgan fingerprint density at radius 2 is 1.89 bits per heavy atom. The SMILES string of the molecule is Cc1cnc(N2CCCC2)n1-c1ccccc1Cl. The Kier molecular flexibility index (Phi) is 3.00. The van der Waals surface area contributed by atoms with Crippen molar-refractivity contribution < 1.29 is 0 Å². The normalized spacial score (nSPS) is 15.3. The molecule has 0 bridgehead atoms. The Morgan fingerprint density at radius 1 is 1.17 bits per heavy atom. The maximum absolute atomic E-state index is 6.30. The topological polar surface area (TPSA) is 21.1 Å². The summed E-state index contributed by atoms with van der Waals surface area (Å²) in [5.74, 6) is 1.01. The van der Waals surface area contributed by atoms with E-state index in [2.05, 4.69) is 21.4 Å². The van der Waals surface area contributed by atoms with Gasteiger partial charge in [0.25, 0.3) is 0 Å². The molecule has 0 N–H and O–H groups in total. The number of para-hydroxylation sites is 1. The third-order valence-corrected chi connectivity index (χ3v) is 3.72. The van der Waals surface area contributed by atoms with E-state index in [9.17, 15) is 0 Å². The number of benzene rings is 1. The van der Waals surface area contributed by atoms with Crippen LogP contribution in [0.2, 0.25) is 5.02 Å². The van der Waals surface area contributed by atoms with Gasteiger partial charge in [-0.3, -0.25) is 4.57 Å². The van der Waals surface area contributed by atoms with Crippen LogP contribution in [0.15, 0.2) is 30.5 Å². The average Bonchev–Trinajstić information content (AvgIpc) is 2.99. The minimum absolute atomic E-state index is 0.763. The van der Waals surface area contributed by atoms with Crippen LogP contribution >= 0.6 is 11.6 Å². The number of anilines is 1. The van der Waals surface area contributed by atoms with E-state index in [-0.39, 0.29) is 0 Å². The number of imidazole rings is 1. The zero-order chi connectivity index (χ0) is 12.5. The molecule has 3 rings (SSSR count).